The van der Waals surface area contributed by atoms with Gasteiger partial charge >= 0.3 is 0 Å². The zero-order valence-corrected chi connectivity index (χ0v) is 17.0. The van der Waals surface area contributed by atoms with Crippen LogP contribution in [0.3, 0.4) is 0 Å². The summed E-state index contributed by atoms with van der Waals surface area (Å²) in [7, 11) is 0. The monoisotopic (exact) mass is 398 g/mol. The molecule has 0 radical (unpaired) electrons. The molecule has 4 rings (SSSR count). The Morgan fingerprint density at radius 1 is 1.29 bits per heavy atom. The number of aromatic nitrogens is 2. The fraction of sp³-hybridized carbons (Fsp3) is 0.381. The molecule has 1 aliphatic rings. The number of fused-ring (bicyclic) bond motifs is 1. The largest absolute Gasteiger partial charge is 0.443 e. The van der Waals surface area contributed by atoms with Crippen LogP contribution in [0, 0.1) is 26.7 Å². The van der Waals surface area contributed by atoms with Crippen molar-refractivity contribution in [1.82, 2.24) is 9.97 Å². The van der Waals surface area contributed by atoms with Crippen molar-refractivity contribution in [3.8, 4) is 0 Å². The zero-order valence-electron chi connectivity index (χ0n) is 16.3. The van der Waals surface area contributed by atoms with Gasteiger partial charge in [-0.05, 0) is 51.8 Å². The predicted molar refractivity (Wildman–Crippen MR) is 111 cm³/mol. The lowest BCUT2D eigenvalue weighted by Crippen LogP contribution is -2.41. The second-order valence-electron chi connectivity index (χ2n) is 7.34. The Labute approximate surface area is 168 Å². The highest BCUT2D eigenvalue weighted by Crippen LogP contribution is 2.33. The number of amides is 1. The predicted octanol–water partition coefficient (Wildman–Crippen LogP) is 4.66. The molecule has 0 spiro atoms. The Kier molecular flexibility index (Phi) is 4.98. The number of nitrogens with one attached hydrogen (secondary N) is 1. The summed E-state index contributed by atoms with van der Waals surface area (Å²) in [6, 6.07) is 7.22. The third-order valence-corrected chi connectivity index (χ3v) is 5.54. The molecule has 0 unspecified atom stereocenters. The van der Waals surface area contributed by atoms with Crippen LogP contribution in [0.1, 0.15) is 30.0 Å². The van der Waals surface area contributed by atoms with Gasteiger partial charge in [-0.15, -0.1) is 0 Å². The minimum atomic E-state index is -0.119. The molecule has 1 aromatic carbocycles. The first kappa shape index (κ1) is 18.7. The molecule has 1 aliphatic heterocycles. The van der Waals surface area contributed by atoms with Gasteiger partial charge in [0.25, 0.3) is 0 Å². The number of rotatable bonds is 3. The third-order valence-electron chi connectivity index (χ3n) is 5.31. The fourth-order valence-corrected chi connectivity index (χ4v) is 3.95. The van der Waals surface area contributed by atoms with Gasteiger partial charge in [0.2, 0.25) is 11.6 Å². The first-order valence-electron chi connectivity index (χ1n) is 9.48. The SMILES string of the molecule is Cc1nc(N2CCC[C@H](C(=O)Nc3cccc(Cl)c3)C2)c2c(C)c(C)oc2n1. The number of benzene rings is 1. The average Bonchev–Trinajstić information content (AvgIpc) is 2.95. The summed E-state index contributed by atoms with van der Waals surface area (Å²) >= 11 is 6.02. The second-order valence-corrected chi connectivity index (χ2v) is 7.78. The number of furan rings is 1. The third kappa shape index (κ3) is 3.56. The molecule has 1 atom stereocenters. The van der Waals surface area contributed by atoms with E-state index < -0.39 is 0 Å². The molecule has 1 N–H and O–H groups in total. The van der Waals surface area contributed by atoms with Crippen molar-refractivity contribution in [2.45, 2.75) is 33.6 Å². The first-order valence-corrected chi connectivity index (χ1v) is 9.86. The number of piperidine rings is 1. The molecule has 0 saturated carbocycles. The molecule has 0 bridgehead atoms. The van der Waals surface area contributed by atoms with Crippen molar-refractivity contribution in [2.24, 2.45) is 5.92 Å². The summed E-state index contributed by atoms with van der Waals surface area (Å²) in [5.74, 6) is 2.27. The molecule has 6 nitrogen and oxygen atoms in total. The summed E-state index contributed by atoms with van der Waals surface area (Å²) < 4.78 is 5.81. The van der Waals surface area contributed by atoms with Crippen molar-refractivity contribution >= 4 is 40.1 Å². The summed E-state index contributed by atoms with van der Waals surface area (Å²) in [6.07, 6.45) is 1.77. The van der Waals surface area contributed by atoms with Crippen LogP contribution in [0.25, 0.3) is 11.1 Å². The minimum absolute atomic E-state index is 0.00841. The molecule has 1 amide bonds. The Hall–Kier alpha value is -2.60. The van der Waals surface area contributed by atoms with E-state index in [-0.39, 0.29) is 11.8 Å². The van der Waals surface area contributed by atoms with Gasteiger partial charge in [-0.1, -0.05) is 17.7 Å². The summed E-state index contributed by atoms with van der Waals surface area (Å²) in [4.78, 5) is 24.1. The second kappa shape index (κ2) is 7.43. The van der Waals surface area contributed by atoms with Gasteiger partial charge in [-0.3, -0.25) is 4.79 Å². The Morgan fingerprint density at radius 2 is 2.11 bits per heavy atom. The maximum atomic E-state index is 12.8. The minimum Gasteiger partial charge on any atom is -0.443 e. The molecular weight excluding hydrogens is 376 g/mol. The average molecular weight is 399 g/mol. The number of halogens is 1. The molecular formula is C21H23ClN4O2. The molecule has 28 heavy (non-hydrogen) atoms. The van der Waals surface area contributed by atoms with Gasteiger partial charge in [-0.25, -0.2) is 4.98 Å². The summed E-state index contributed by atoms with van der Waals surface area (Å²) in [5.41, 5.74) is 2.38. The van der Waals surface area contributed by atoms with Crippen LogP contribution in [-0.4, -0.2) is 29.0 Å². The van der Waals surface area contributed by atoms with Crippen LogP contribution in [0.15, 0.2) is 28.7 Å². The van der Waals surface area contributed by atoms with Crippen LogP contribution >= 0.6 is 11.6 Å². The van der Waals surface area contributed by atoms with E-state index in [0.29, 0.717) is 23.1 Å². The van der Waals surface area contributed by atoms with Gasteiger partial charge in [0, 0.05) is 29.4 Å². The van der Waals surface area contributed by atoms with E-state index in [9.17, 15) is 4.79 Å². The van der Waals surface area contributed by atoms with Crippen molar-refractivity contribution in [3.05, 3.63) is 46.4 Å². The number of nitrogens with zero attached hydrogens (tertiary/aromatic N) is 3. The number of anilines is 2. The van der Waals surface area contributed by atoms with Gasteiger partial charge in [0.1, 0.15) is 17.4 Å². The van der Waals surface area contributed by atoms with Crippen LogP contribution in [0.2, 0.25) is 5.02 Å². The van der Waals surface area contributed by atoms with E-state index in [1.807, 2.05) is 32.9 Å². The number of carbonyl (C=O) groups is 1. The Balaban J connectivity index is 1.59. The lowest BCUT2D eigenvalue weighted by atomic mass is 9.96. The Morgan fingerprint density at radius 3 is 2.89 bits per heavy atom. The van der Waals surface area contributed by atoms with E-state index in [1.54, 1.807) is 12.1 Å². The molecule has 2 aromatic heterocycles. The van der Waals surface area contributed by atoms with Crippen molar-refractivity contribution in [2.75, 3.05) is 23.3 Å². The zero-order chi connectivity index (χ0) is 19.8. The first-order chi connectivity index (χ1) is 13.4. The van der Waals surface area contributed by atoms with Crippen LogP contribution < -0.4 is 10.2 Å². The highest BCUT2D eigenvalue weighted by Gasteiger charge is 2.29. The highest BCUT2D eigenvalue weighted by molar-refractivity contribution is 6.30. The molecule has 1 fully saturated rings. The smallest absolute Gasteiger partial charge is 0.231 e. The molecule has 7 heteroatoms. The van der Waals surface area contributed by atoms with Crippen LogP contribution in [0.5, 0.6) is 0 Å². The number of aryl methyl sites for hydroxylation is 3. The van der Waals surface area contributed by atoms with Gasteiger partial charge in [-0.2, -0.15) is 4.98 Å². The number of hydrogen-bond acceptors (Lipinski definition) is 5. The van der Waals surface area contributed by atoms with Crippen LogP contribution in [-0.2, 0) is 4.79 Å². The van der Waals surface area contributed by atoms with E-state index in [0.717, 1.165) is 47.6 Å². The summed E-state index contributed by atoms with van der Waals surface area (Å²) in [5, 5.41) is 4.54. The lowest BCUT2D eigenvalue weighted by molar-refractivity contribution is -0.120. The topological polar surface area (TPSA) is 71.3 Å². The van der Waals surface area contributed by atoms with Crippen molar-refractivity contribution in [3.63, 3.8) is 0 Å². The van der Waals surface area contributed by atoms with Gasteiger partial charge < -0.3 is 14.6 Å². The maximum absolute atomic E-state index is 12.8. The molecule has 3 aromatic rings. The lowest BCUT2D eigenvalue weighted by Gasteiger charge is -2.33. The highest BCUT2D eigenvalue weighted by atomic mass is 35.5. The van der Waals surface area contributed by atoms with Gasteiger partial charge in [0.15, 0.2) is 0 Å². The molecule has 146 valence electrons. The van der Waals surface area contributed by atoms with Gasteiger partial charge in [0.05, 0.1) is 11.3 Å². The number of hydrogen-bond donors (Lipinski definition) is 1. The molecule has 1 saturated heterocycles. The van der Waals surface area contributed by atoms with E-state index >= 15 is 0 Å². The fourth-order valence-electron chi connectivity index (χ4n) is 3.76. The molecule has 0 aliphatic carbocycles. The number of carbonyl (C=O) groups excluding carboxylic acids is 1. The molecule has 3 heterocycles. The summed E-state index contributed by atoms with van der Waals surface area (Å²) in [6.45, 7) is 7.30. The quantitative estimate of drug-likeness (QED) is 0.694. The van der Waals surface area contributed by atoms with Crippen molar-refractivity contribution < 1.29 is 9.21 Å². The Bertz CT molecular complexity index is 1050. The normalized spacial score (nSPS) is 17.1. The standard InChI is InChI=1S/C21H23ClN4O2/c1-12-13(2)28-21-18(12)19(23-14(3)24-21)26-9-5-6-15(11-26)20(27)25-17-8-4-7-16(22)10-17/h4,7-8,10,15H,5-6,9,11H2,1-3H3,(H,25,27)/t15-/m0/s1. The van der Waals surface area contributed by atoms with Crippen molar-refractivity contribution in [1.29, 1.82) is 0 Å². The van der Waals surface area contributed by atoms with E-state index in [1.165, 1.54) is 0 Å². The van der Waals surface area contributed by atoms with Crippen LogP contribution in [0.4, 0.5) is 11.5 Å². The maximum Gasteiger partial charge on any atom is 0.231 e. The van der Waals surface area contributed by atoms with E-state index in [2.05, 4.69) is 15.2 Å². The van der Waals surface area contributed by atoms with E-state index in [4.69, 9.17) is 21.0 Å².